The summed E-state index contributed by atoms with van der Waals surface area (Å²) in [6.45, 7) is 4.70. The number of thioether (sulfide) groups is 1. The minimum absolute atomic E-state index is 0.282. The fourth-order valence-electron chi connectivity index (χ4n) is 3.05. The van der Waals surface area contributed by atoms with Crippen molar-refractivity contribution in [3.8, 4) is 0 Å². The van der Waals surface area contributed by atoms with Gasteiger partial charge in [0.15, 0.2) is 0 Å². The summed E-state index contributed by atoms with van der Waals surface area (Å²) in [6, 6.07) is 8.31. The topological polar surface area (TPSA) is 29.5 Å². The van der Waals surface area contributed by atoms with E-state index in [1.165, 1.54) is 4.90 Å². The summed E-state index contributed by atoms with van der Waals surface area (Å²) < 4.78 is 5.39. The van der Waals surface area contributed by atoms with Crippen LogP contribution in [0.15, 0.2) is 29.2 Å². The maximum Gasteiger partial charge on any atom is 0.227 e. The fraction of sp³-hybridized carbons (Fsp3) is 0.588. The summed E-state index contributed by atoms with van der Waals surface area (Å²) in [6.07, 6.45) is 3.76. The van der Waals surface area contributed by atoms with Crippen LogP contribution in [0.5, 0.6) is 0 Å². The molecule has 1 saturated heterocycles. The molecule has 1 aromatic carbocycles. The Balaban J connectivity index is 1.75. The van der Waals surface area contributed by atoms with Crippen molar-refractivity contribution in [1.29, 1.82) is 0 Å². The first-order chi connectivity index (χ1) is 10.2. The fourth-order valence-corrected chi connectivity index (χ4v) is 4.17. The molecule has 0 N–H and O–H groups in total. The number of carbonyl (C=O) groups excluding carboxylic acids is 1. The van der Waals surface area contributed by atoms with Crippen LogP contribution in [0.3, 0.4) is 0 Å². The SMILES string of the molecule is C[C@H]1CCN(C(=O)CC2CCOCC2)c2ccccc2S1. The molecular weight excluding hydrogens is 282 g/mol. The lowest BCUT2D eigenvalue weighted by molar-refractivity contribution is -0.120. The van der Waals surface area contributed by atoms with Gasteiger partial charge in [0.05, 0.1) is 5.69 Å². The summed E-state index contributed by atoms with van der Waals surface area (Å²) in [4.78, 5) is 16.0. The number of benzene rings is 1. The zero-order chi connectivity index (χ0) is 14.7. The molecule has 0 saturated carbocycles. The van der Waals surface area contributed by atoms with Gasteiger partial charge in [-0.15, -0.1) is 11.8 Å². The van der Waals surface area contributed by atoms with Crippen molar-refractivity contribution in [3.05, 3.63) is 24.3 Å². The minimum atomic E-state index is 0.282. The average Bonchev–Trinajstić information content (AvgIpc) is 2.66. The Kier molecular flexibility index (Phi) is 4.86. The molecule has 0 spiro atoms. The van der Waals surface area contributed by atoms with Gasteiger partial charge in [-0.2, -0.15) is 0 Å². The van der Waals surface area contributed by atoms with E-state index in [0.717, 1.165) is 44.7 Å². The van der Waals surface area contributed by atoms with Crippen molar-refractivity contribution in [2.75, 3.05) is 24.7 Å². The van der Waals surface area contributed by atoms with E-state index in [2.05, 4.69) is 25.1 Å². The number of hydrogen-bond acceptors (Lipinski definition) is 3. The zero-order valence-electron chi connectivity index (χ0n) is 12.6. The van der Waals surface area contributed by atoms with Crippen LogP contribution in [-0.2, 0) is 9.53 Å². The Hall–Kier alpha value is -1.00. The van der Waals surface area contributed by atoms with Gasteiger partial charge in [-0.25, -0.2) is 0 Å². The number of para-hydroxylation sites is 1. The van der Waals surface area contributed by atoms with E-state index < -0.39 is 0 Å². The van der Waals surface area contributed by atoms with Gasteiger partial charge < -0.3 is 9.64 Å². The number of fused-ring (bicyclic) bond motifs is 1. The van der Waals surface area contributed by atoms with Crippen LogP contribution < -0.4 is 4.90 Å². The number of nitrogens with zero attached hydrogens (tertiary/aromatic N) is 1. The van der Waals surface area contributed by atoms with Crippen molar-refractivity contribution in [1.82, 2.24) is 0 Å². The Morgan fingerprint density at radius 1 is 1.29 bits per heavy atom. The first-order valence-corrected chi connectivity index (χ1v) is 8.76. The number of carbonyl (C=O) groups is 1. The molecule has 2 aliphatic rings. The molecule has 1 fully saturated rings. The van der Waals surface area contributed by atoms with Gasteiger partial charge >= 0.3 is 0 Å². The number of ether oxygens (including phenoxy) is 1. The quantitative estimate of drug-likeness (QED) is 0.834. The molecule has 0 bridgehead atoms. The van der Waals surface area contributed by atoms with Crippen molar-refractivity contribution in [2.24, 2.45) is 5.92 Å². The summed E-state index contributed by atoms with van der Waals surface area (Å²) in [5, 5.41) is 0.562. The van der Waals surface area contributed by atoms with E-state index >= 15 is 0 Å². The van der Waals surface area contributed by atoms with E-state index in [1.54, 1.807) is 0 Å². The molecule has 114 valence electrons. The van der Waals surface area contributed by atoms with Crippen molar-refractivity contribution in [2.45, 2.75) is 42.8 Å². The van der Waals surface area contributed by atoms with Gasteiger partial charge in [0, 0.05) is 36.3 Å². The highest BCUT2D eigenvalue weighted by Gasteiger charge is 2.26. The molecule has 1 aromatic rings. The first kappa shape index (κ1) is 14.9. The second-order valence-electron chi connectivity index (χ2n) is 5.99. The molecule has 4 heteroatoms. The summed E-state index contributed by atoms with van der Waals surface area (Å²) in [5.74, 6) is 0.774. The van der Waals surface area contributed by atoms with Crippen LogP contribution in [-0.4, -0.2) is 30.9 Å². The molecule has 1 amide bonds. The van der Waals surface area contributed by atoms with Crippen LogP contribution in [0, 0.1) is 5.92 Å². The predicted molar refractivity (Wildman–Crippen MR) is 86.9 cm³/mol. The molecule has 2 aliphatic heterocycles. The Labute approximate surface area is 131 Å². The average molecular weight is 305 g/mol. The highest BCUT2D eigenvalue weighted by molar-refractivity contribution is 8.00. The lowest BCUT2D eigenvalue weighted by Crippen LogP contribution is -2.34. The van der Waals surface area contributed by atoms with Crippen molar-refractivity contribution in [3.63, 3.8) is 0 Å². The number of rotatable bonds is 2. The largest absolute Gasteiger partial charge is 0.381 e. The number of hydrogen-bond donors (Lipinski definition) is 0. The molecule has 3 rings (SSSR count). The van der Waals surface area contributed by atoms with Gasteiger partial charge in [-0.3, -0.25) is 4.79 Å². The van der Waals surface area contributed by atoms with Gasteiger partial charge in [0.25, 0.3) is 0 Å². The molecule has 2 heterocycles. The summed E-state index contributed by atoms with van der Waals surface area (Å²) in [7, 11) is 0. The Bertz CT molecular complexity index is 499. The third-order valence-corrected chi connectivity index (χ3v) is 5.59. The highest BCUT2D eigenvalue weighted by atomic mass is 32.2. The second-order valence-corrected chi connectivity index (χ2v) is 7.47. The molecule has 21 heavy (non-hydrogen) atoms. The number of anilines is 1. The van der Waals surface area contributed by atoms with Crippen molar-refractivity contribution >= 4 is 23.4 Å². The second kappa shape index (κ2) is 6.84. The maximum absolute atomic E-state index is 12.8. The Morgan fingerprint density at radius 3 is 2.86 bits per heavy atom. The third-order valence-electron chi connectivity index (χ3n) is 4.35. The van der Waals surface area contributed by atoms with Gasteiger partial charge in [0.2, 0.25) is 5.91 Å². The Morgan fingerprint density at radius 2 is 2.05 bits per heavy atom. The van der Waals surface area contributed by atoms with Crippen molar-refractivity contribution < 1.29 is 9.53 Å². The summed E-state index contributed by atoms with van der Waals surface area (Å²) in [5.41, 5.74) is 1.10. The highest BCUT2D eigenvalue weighted by Crippen LogP contribution is 2.37. The molecule has 0 unspecified atom stereocenters. The minimum Gasteiger partial charge on any atom is -0.381 e. The van der Waals surface area contributed by atoms with Gasteiger partial charge in [-0.1, -0.05) is 19.1 Å². The van der Waals surface area contributed by atoms with Crippen LogP contribution in [0.1, 0.15) is 32.6 Å². The van der Waals surface area contributed by atoms with E-state index in [9.17, 15) is 4.79 Å². The molecule has 1 atom stereocenters. The van der Waals surface area contributed by atoms with Gasteiger partial charge in [-0.05, 0) is 37.3 Å². The third kappa shape index (κ3) is 3.61. The number of amides is 1. The molecule has 0 radical (unpaired) electrons. The van der Waals surface area contributed by atoms with E-state index in [4.69, 9.17) is 4.74 Å². The van der Waals surface area contributed by atoms with Crippen LogP contribution in [0.4, 0.5) is 5.69 Å². The molecule has 0 aliphatic carbocycles. The monoisotopic (exact) mass is 305 g/mol. The maximum atomic E-state index is 12.8. The molecule has 0 aromatic heterocycles. The van der Waals surface area contributed by atoms with E-state index in [-0.39, 0.29) is 5.91 Å². The van der Waals surface area contributed by atoms with Crippen LogP contribution in [0.2, 0.25) is 0 Å². The lowest BCUT2D eigenvalue weighted by Gasteiger charge is -2.27. The standard InChI is InChI=1S/C17H23NO2S/c1-13-6-9-18(15-4-2-3-5-16(15)21-13)17(19)12-14-7-10-20-11-8-14/h2-5,13-14H,6-12H2,1H3/t13-/m0/s1. The predicted octanol–water partition coefficient (Wildman–Crippen LogP) is 3.72. The zero-order valence-corrected chi connectivity index (χ0v) is 13.4. The molecular formula is C17H23NO2S. The van der Waals surface area contributed by atoms with Crippen LogP contribution >= 0.6 is 11.8 Å². The summed E-state index contributed by atoms with van der Waals surface area (Å²) >= 11 is 1.89. The lowest BCUT2D eigenvalue weighted by atomic mass is 9.96. The van der Waals surface area contributed by atoms with Crippen LogP contribution in [0.25, 0.3) is 0 Å². The smallest absolute Gasteiger partial charge is 0.227 e. The normalized spacial score (nSPS) is 23.5. The molecule has 3 nitrogen and oxygen atoms in total. The van der Waals surface area contributed by atoms with E-state index in [1.807, 2.05) is 22.7 Å². The first-order valence-electron chi connectivity index (χ1n) is 7.88. The van der Waals surface area contributed by atoms with Gasteiger partial charge in [0.1, 0.15) is 0 Å². The van der Waals surface area contributed by atoms with E-state index in [0.29, 0.717) is 17.6 Å².